The van der Waals surface area contributed by atoms with Crippen molar-refractivity contribution in [1.82, 2.24) is 4.90 Å². The third-order valence-corrected chi connectivity index (χ3v) is 4.91. The number of likely N-dealkylation sites (tertiary alicyclic amines) is 1. The van der Waals surface area contributed by atoms with Gasteiger partial charge in [-0.2, -0.15) is 0 Å². The van der Waals surface area contributed by atoms with Gasteiger partial charge in [0, 0.05) is 18.5 Å². The molecule has 3 rings (SSSR count). The molecule has 0 bridgehead atoms. The number of aliphatic carboxylic acids is 1. The van der Waals surface area contributed by atoms with Gasteiger partial charge in [0.2, 0.25) is 5.91 Å². The Morgan fingerprint density at radius 2 is 1.76 bits per heavy atom. The Morgan fingerprint density at radius 3 is 2.29 bits per heavy atom. The van der Waals surface area contributed by atoms with Gasteiger partial charge in [-0.05, 0) is 43.7 Å². The van der Waals surface area contributed by atoms with E-state index in [1.807, 2.05) is 24.0 Å². The van der Waals surface area contributed by atoms with Crippen LogP contribution in [0.15, 0.2) is 24.3 Å². The van der Waals surface area contributed by atoms with Crippen LogP contribution in [0.2, 0.25) is 0 Å². The van der Waals surface area contributed by atoms with Crippen LogP contribution in [0.1, 0.15) is 30.9 Å². The zero-order chi connectivity index (χ0) is 15.0. The molecule has 2 unspecified atom stereocenters. The molecule has 0 aromatic heterocycles. The summed E-state index contributed by atoms with van der Waals surface area (Å²) in [6, 6.07) is 8.26. The second-order valence-electron chi connectivity index (χ2n) is 6.31. The van der Waals surface area contributed by atoms with Gasteiger partial charge in [-0.25, -0.2) is 0 Å². The maximum absolute atomic E-state index is 12.7. The zero-order valence-electron chi connectivity index (χ0n) is 12.3. The molecule has 2 atom stereocenters. The summed E-state index contributed by atoms with van der Waals surface area (Å²) in [6.45, 7) is 2.54. The van der Waals surface area contributed by atoms with Crippen molar-refractivity contribution in [1.29, 1.82) is 0 Å². The molecule has 21 heavy (non-hydrogen) atoms. The molecule has 4 nitrogen and oxygen atoms in total. The number of benzene rings is 1. The molecule has 1 aromatic rings. The molecule has 0 spiro atoms. The molecular formula is C17H21NO3. The van der Waals surface area contributed by atoms with Crippen molar-refractivity contribution in [2.75, 3.05) is 6.54 Å². The highest BCUT2D eigenvalue weighted by Gasteiger charge is 2.36. The van der Waals surface area contributed by atoms with Gasteiger partial charge in [0.05, 0.1) is 5.92 Å². The number of hydrogen-bond donors (Lipinski definition) is 1. The maximum Gasteiger partial charge on any atom is 0.306 e. The minimum absolute atomic E-state index is 0.0241. The van der Waals surface area contributed by atoms with Crippen molar-refractivity contribution >= 4 is 11.9 Å². The van der Waals surface area contributed by atoms with Crippen LogP contribution in [0.5, 0.6) is 0 Å². The number of nitrogens with zero attached hydrogens (tertiary/aromatic N) is 1. The Bertz CT molecular complexity index is 544. The lowest BCUT2D eigenvalue weighted by molar-refractivity contribution is -0.148. The molecule has 1 amide bonds. The number of carbonyl (C=O) groups is 2. The van der Waals surface area contributed by atoms with E-state index >= 15 is 0 Å². The molecule has 1 aromatic carbocycles. The Hall–Kier alpha value is -1.84. The fourth-order valence-electron chi connectivity index (χ4n) is 3.69. The molecular weight excluding hydrogens is 266 g/mol. The molecule has 1 N–H and O–H groups in total. The van der Waals surface area contributed by atoms with Crippen LogP contribution in [0.3, 0.4) is 0 Å². The average Bonchev–Trinajstić information content (AvgIpc) is 2.90. The third-order valence-electron chi connectivity index (χ3n) is 4.91. The highest BCUT2D eigenvalue weighted by molar-refractivity contribution is 5.81. The summed E-state index contributed by atoms with van der Waals surface area (Å²) in [5, 5.41) is 9.11. The van der Waals surface area contributed by atoms with Crippen LogP contribution in [0.4, 0.5) is 0 Å². The molecule has 1 heterocycles. The standard InChI is InChI=1S/C17H21NO3/c1-11-8-14(17(20)21)6-7-18(11)16(19)15-9-12-4-2-3-5-13(12)10-15/h2-5,11,14-15H,6-10H2,1H3,(H,20,21). The first-order chi connectivity index (χ1) is 10.1. The lowest BCUT2D eigenvalue weighted by Crippen LogP contribution is -2.48. The van der Waals surface area contributed by atoms with Gasteiger partial charge in [0.1, 0.15) is 0 Å². The first kappa shape index (κ1) is 14.1. The number of rotatable bonds is 2. The number of piperidine rings is 1. The second-order valence-corrected chi connectivity index (χ2v) is 6.31. The van der Waals surface area contributed by atoms with Gasteiger partial charge >= 0.3 is 5.97 Å². The third kappa shape index (κ3) is 2.67. The van der Waals surface area contributed by atoms with Gasteiger partial charge < -0.3 is 10.0 Å². The molecule has 1 fully saturated rings. The summed E-state index contributed by atoms with van der Waals surface area (Å²) >= 11 is 0. The number of carboxylic acid groups (broad SMARTS) is 1. The first-order valence-corrected chi connectivity index (χ1v) is 7.66. The van der Waals surface area contributed by atoms with Crippen LogP contribution in [0, 0.1) is 11.8 Å². The lowest BCUT2D eigenvalue weighted by Gasteiger charge is -2.37. The Labute approximate surface area is 124 Å². The van der Waals surface area contributed by atoms with Gasteiger partial charge in [-0.15, -0.1) is 0 Å². The highest BCUT2D eigenvalue weighted by atomic mass is 16.4. The van der Waals surface area contributed by atoms with E-state index in [9.17, 15) is 9.59 Å². The Kier molecular flexibility index (Phi) is 3.70. The summed E-state index contributed by atoms with van der Waals surface area (Å²) in [5.74, 6) is -0.805. The summed E-state index contributed by atoms with van der Waals surface area (Å²) < 4.78 is 0. The molecule has 112 valence electrons. The van der Waals surface area contributed by atoms with E-state index in [2.05, 4.69) is 12.1 Å². The summed E-state index contributed by atoms with van der Waals surface area (Å²) in [5.41, 5.74) is 2.56. The summed E-state index contributed by atoms with van der Waals surface area (Å²) in [4.78, 5) is 25.7. The van der Waals surface area contributed by atoms with E-state index in [-0.39, 0.29) is 23.8 Å². The SMILES string of the molecule is CC1CC(C(=O)O)CCN1C(=O)C1Cc2ccccc2C1. The molecule has 0 radical (unpaired) electrons. The van der Waals surface area contributed by atoms with Crippen molar-refractivity contribution in [3.63, 3.8) is 0 Å². The maximum atomic E-state index is 12.7. The fourth-order valence-corrected chi connectivity index (χ4v) is 3.69. The average molecular weight is 287 g/mol. The number of hydrogen-bond acceptors (Lipinski definition) is 2. The fraction of sp³-hybridized carbons (Fsp3) is 0.529. The molecule has 1 aliphatic heterocycles. The van der Waals surface area contributed by atoms with Crippen molar-refractivity contribution in [3.8, 4) is 0 Å². The lowest BCUT2D eigenvalue weighted by atomic mass is 9.90. The number of carbonyl (C=O) groups excluding carboxylic acids is 1. The molecule has 0 saturated carbocycles. The van der Waals surface area contributed by atoms with Crippen LogP contribution >= 0.6 is 0 Å². The summed E-state index contributed by atoms with van der Waals surface area (Å²) in [6.07, 6.45) is 2.78. The first-order valence-electron chi connectivity index (χ1n) is 7.66. The number of carboxylic acids is 1. The van der Waals surface area contributed by atoms with E-state index in [0.29, 0.717) is 19.4 Å². The van der Waals surface area contributed by atoms with Crippen molar-refractivity contribution in [2.24, 2.45) is 11.8 Å². The van der Waals surface area contributed by atoms with E-state index in [4.69, 9.17) is 5.11 Å². The van der Waals surface area contributed by atoms with Crippen molar-refractivity contribution < 1.29 is 14.7 Å². The van der Waals surface area contributed by atoms with Crippen LogP contribution < -0.4 is 0 Å². The minimum Gasteiger partial charge on any atom is -0.481 e. The normalized spacial score (nSPS) is 25.7. The number of amides is 1. The molecule has 1 aliphatic carbocycles. The molecule has 1 saturated heterocycles. The van der Waals surface area contributed by atoms with Crippen molar-refractivity contribution in [3.05, 3.63) is 35.4 Å². The van der Waals surface area contributed by atoms with Crippen LogP contribution in [-0.4, -0.2) is 34.5 Å². The van der Waals surface area contributed by atoms with Crippen LogP contribution in [-0.2, 0) is 22.4 Å². The van der Waals surface area contributed by atoms with Crippen LogP contribution in [0.25, 0.3) is 0 Å². The quantitative estimate of drug-likeness (QED) is 0.906. The molecule has 4 heteroatoms. The van der Waals surface area contributed by atoms with Gasteiger partial charge in [-0.1, -0.05) is 24.3 Å². The van der Waals surface area contributed by atoms with Crippen molar-refractivity contribution in [2.45, 2.75) is 38.6 Å². The Balaban J connectivity index is 1.66. The van der Waals surface area contributed by atoms with E-state index in [1.54, 1.807) is 0 Å². The predicted octanol–water partition coefficient (Wildman–Crippen LogP) is 2.11. The van der Waals surface area contributed by atoms with Gasteiger partial charge in [0.25, 0.3) is 0 Å². The van der Waals surface area contributed by atoms with E-state index in [0.717, 1.165) is 12.8 Å². The van der Waals surface area contributed by atoms with E-state index in [1.165, 1.54) is 11.1 Å². The minimum atomic E-state index is -0.734. The topological polar surface area (TPSA) is 57.6 Å². The largest absolute Gasteiger partial charge is 0.481 e. The second kappa shape index (κ2) is 5.51. The highest BCUT2D eigenvalue weighted by Crippen LogP contribution is 2.31. The molecule has 2 aliphatic rings. The predicted molar refractivity (Wildman–Crippen MR) is 78.9 cm³/mol. The zero-order valence-corrected chi connectivity index (χ0v) is 12.3. The Morgan fingerprint density at radius 1 is 1.14 bits per heavy atom. The number of fused-ring (bicyclic) bond motifs is 1. The summed E-state index contributed by atoms with van der Waals surface area (Å²) in [7, 11) is 0. The van der Waals surface area contributed by atoms with Gasteiger partial charge in [-0.3, -0.25) is 9.59 Å². The monoisotopic (exact) mass is 287 g/mol. The van der Waals surface area contributed by atoms with E-state index < -0.39 is 5.97 Å². The van der Waals surface area contributed by atoms with Gasteiger partial charge in [0.15, 0.2) is 0 Å². The smallest absolute Gasteiger partial charge is 0.306 e.